The highest BCUT2D eigenvalue weighted by Gasteiger charge is 2.28. The van der Waals surface area contributed by atoms with Gasteiger partial charge < -0.3 is 14.8 Å². The molecule has 0 fully saturated rings. The van der Waals surface area contributed by atoms with Gasteiger partial charge in [0.15, 0.2) is 21.3 Å². The van der Waals surface area contributed by atoms with Crippen LogP contribution in [-0.2, 0) is 16.4 Å². The average molecular weight is 424 g/mol. The van der Waals surface area contributed by atoms with Gasteiger partial charge in [0, 0.05) is 18.7 Å². The van der Waals surface area contributed by atoms with Gasteiger partial charge in [-0.3, -0.25) is 0 Å². The number of unbranched alkanes of at least 4 members (excludes halogenated alkanes) is 1. The number of fused-ring (bicyclic) bond motifs is 1. The summed E-state index contributed by atoms with van der Waals surface area (Å²) < 4.78 is 35.7. The summed E-state index contributed by atoms with van der Waals surface area (Å²) in [6.45, 7) is 6.64. The Kier molecular flexibility index (Phi) is 11.7. The number of hydrogen-bond donors (Lipinski definition) is 1. The number of methoxy groups -OCH3 is 2. The lowest BCUT2D eigenvalue weighted by Gasteiger charge is -2.14. The van der Waals surface area contributed by atoms with Crippen molar-refractivity contribution in [1.29, 1.82) is 0 Å². The third kappa shape index (κ3) is 7.86. The topological polar surface area (TPSA) is 64.6 Å². The minimum atomic E-state index is -3.31. The fourth-order valence-electron chi connectivity index (χ4n) is 3.18. The van der Waals surface area contributed by atoms with E-state index in [2.05, 4.69) is 36.5 Å². The van der Waals surface area contributed by atoms with E-state index < -0.39 is 9.84 Å². The molecule has 164 valence electrons. The van der Waals surface area contributed by atoms with E-state index in [4.69, 9.17) is 9.47 Å². The molecule has 1 atom stereocenters. The molecule has 0 saturated heterocycles. The second-order valence-corrected chi connectivity index (χ2v) is 8.75. The average Bonchev–Trinajstić information content (AvgIpc) is 2.89. The molecule has 1 aliphatic carbocycles. The van der Waals surface area contributed by atoms with Crippen LogP contribution in [0.25, 0.3) is 0 Å². The van der Waals surface area contributed by atoms with Crippen LogP contribution < -0.4 is 14.8 Å². The van der Waals surface area contributed by atoms with Gasteiger partial charge in [-0.05, 0) is 30.9 Å². The summed E-state index contributed by atoms with van der Waals surface area (Å²) >= 11 is 0. The first-order valence-electron chi connectivity index (χ1n) is 10.5. The van der Waals surface area contributed by atoms with E-state index >= 15 is 0 Å². The van der Waals surface area contributed by atoms with Gasteiger partial charge >= 0.3 is 0 Å². The first-order valence-corrected chi connectivity index (χ1v) is 12.2. The molecule has 2 aliphatic rings. The lowest BCUT2D eigenvalue weighted by atomic mass is 10.1. The molecular weight excluding hydrogens is 386 g/mol. The molecule has 5 nitrogen and oxygen atoms in total. The van der Waals surface area contributed by atoms with Crippen molar-refractivity contribution in [3.8, 4) is 11.5 Å². The van der Waals surface area contributed by atoms with Crippen LogP contribution in [0.15, 0.2) is 41.3 Å². The zero-order chi connectivity index (χ0) is 21.7. The van der Waals surface area contributed by atoms with Crippen LogP contribution >= 0.6 is 0 Å². The number of nitrogens with one attached hydrogen (secondary N) is 1. The molecule has 0 aromatic heterocycles. The summed E-state index contributed by atoms with van der Waals surface area (Å²) in [4.78, 5) is 0.353. The summed E-state index contributed by atoms with van der Waals surface area (Å²) in [7, 11) is -0.255. The molecule has 1 aliphatic heterocycles. The monoisotopic (exact) mass is 423 g/mol. The Hall–Kier alpha value is -1.79. The maximum absolute atomic E-state index is 12.6. The van der Waals surface area contributed by atoms with E-state index in [0.29, 0.717) is 22.9 Å². The number of rotatable bonds is 5. The van der Waals surface area contributed by atoms with Gasteiger partial charge in [-0.2, -0.15) is 0 Å². The van der Waals surface area contributed by atoms with Crippen molar-refractivity contribution in [1.82, 2.24) is 5.32 Å². The molecule has 1 aromatic carbocycles. The van der Waals surface area contributed by atoms with Gasteiger partial charge in [-0.1, -0.05) is 57.9 Å². The highest BCUT2D eigenvalue weighted by molar-refractivity contribution is 7.91. The standard InChI is InChI=1S/C15H23NO4S.C6H8.C2H6/c1-4-5-6-12-10-21(17,18)15-8-14(20-3)13(19-2)7-11(15)9-16-12;1-2-4-6-5-3-1;1-2/h7-8,12,16H,4-6,9-10H2,1-3H3;1-4H,5-6H2;1-2H3/t12-;;/m1../s1. The van der Waals surface area contributed by atoms with E-state index in [0.717, 1.165) is 24.8 Å². The van der Waals surface area contributed by atoms with Crippen LogP contribution in [0.5, 0.6) is 11.5 Å². The molecule has 0 radical (unpaired) electrons. The van der Waals surface area contributed by atoms with Crippen LogP contribution in [0.4, 0.5) is 0 Å². The molecule has 1 aromatic rings. The first kappa shape index (κ1) is 25.2. The SMILES string of the molecule is C1=CCCC=C1.CC.CCCC[C@@H]1CS(=O)(=O)c2cc(OC)c(OC)cc2CN1. The summed E-state index contributed by atoms with van der Waals surface area (Å²) in [5, 5.41) is 3.34. The smallest absolute Gasteiger partial charge is 0.180 e. The normalized spacial score (nSPS) is 18.9. The maximum Gasteiger partial charge on any atom is 0.180 e. The van der Waals surface area contributed by atoms with E-state index in [1.54, 1.807) is 19.2 Å². The van der Waals surface area contributed by atoms with Crippen LogP contribution in [0.3, 0.4) is 0 Å². The van der Waals surface area contributed by atoms with Crippen molar-refractivity contribution < 1.29 is 17.9 Å². The molecule has 6 heteroatoms. The minimum absolute atomic E-state index is 0.000611. The molecule has 1 N–H and O–H groups in total. The highest BCUT2D eigenvalue weighted by Crippen LogP contribution is 2.34. The van der Waals surface area contributed by atoms with Crippen molar-refractivity contribution in [2.75, 3.05) is 20.0 Å². The van der Waals surface area contributed by atoms with E-state index in [1.807, 2.05) is 13.8 Å². The summed E-state index contributed by atoms with van der Waals surface area (Å²) in [5.41, 5.74) is 0.742. The third-order valence-corrected chi connectivity index (χ3v) is 6.58. The van der Waals surface area contributed by atoms with Crippen LogP contribution in [0.2, 0.25) is 0 Å². The largest absolute Gasteiger partial charge is 0.493 e. The zero-order valence-corrected chi connectivity index (χ0v) is 19.3. The second-order valence-electron chi connectivity index (χ2n) is 6.75. The lowest BCUT2D eigenvalue weighted by molar-refractivity contribution is 0.353. The Balaban J connectivity index is 0.000000442. The van der Waals surface area contributed by atoms with Gasteiger partial charge in [0.25, 0.3) is 0 Å². The molecule has 0 amide bonds. The maximum atomic E-state index is 12.6. The van der Waals surface area contributed by atoms with Crippen LogP contribution in [0.1, 0.15) is 58.4 Å². The highest BCUT2D eigenvalue weighted by atomic mass is 32.2. The van der Waals surface area contributed by atoms with Crippen molar-refractivity contribution >= 4 is 9.84 Å². The van der Waals surface area contributed by atoms with E-state index in [9.17, 15) is 8.42 Å². The Bertz CT molecular complexity index is 757. The number of ether oxygens (including phenoxy) is 2. The number of hydrogen-bond acceptors (Lipinski definition) is 5. The molecule has 1 heterocycles. The third-order valence-electron chi connectivity index (χ3n) is 4.69. The Labute approximate surface area is 177 Å². The second kappa shape index (κ2) is 13.4. The number of benzene rings is 1. The summed E-state index contributed by atoms with van der Waals surface area (Å²) in [5.74, 6) is 1.14. The Morgan fingerprint density at radius 3 is 2.10 bits per heavy atom. The van der Waals surface area contributed by atoms with E-state index in [1.165, 1.54) is 20.0 Å². The predicted molar refractivity (Wildman–Crippen MR) is 121 cm³/mol. The van der Waals surface area contributed by atoms with Crippen LogP contribution in [0, 0.1) is 0 Å². The van der Waals surface area contributed by atoms with Crippen molar-refractivity contribution in [2.24, 2.45) is 0 Å². The molecular formula is C23H37NO4S. The fraction of sp³-hybridized carbons (Fsp3) is 0.565. The van der Waals surface area contributed by atoms with Gasteiger partial charge in [0.05, 0.1) is 24.9 Å². The summed E-state index contributed by atoms with van der Waals surface area (Å²) in [6, 6.07) is 3.33. The molecule has 29 heavy (non-hydrogen) atoms. The molecule has 0 spiro atoms. The van der Waals surface area contributed by atoms with E-state index in [-0.39, 0.29) is 11.8 Å². The van der Waals surface area contributed by atoms with Gasteiger partial charge in [0.1, 0.15) is 0 Å². The molecule has 0 saturated carbocycles. The molecule has 0 unspecified atom stereocenters. The quantitative estimate of drug-likeness (QED) is 0.717. The van der Waals surface area contributed by atoms with Crippen molar-refractivity contribution in [3.63, 3.8) is 0 Å². The first-order chi connectivity index (χ1) is 14.0. The Morgan fingerprint density at radius 2 is 1.62 bits per heavy atom. The van der Waals surface area contributed by atoms with Gasteiger partial charge in [-0.25, -0.2) is 8.42 Å². The number of sulfone groups is 1. The van der Waals surface area contributed by atoms with Gasteiger partial charge in [0.2, 0.25) is 0 Å². The lowest BCUT2D eigenvalue weighted by Crippen LogP contribution is -2.32. The minimum Gasteiger partial charge on any atom is -0.493 e. The van der Waals surface area contributed by atoms with Crippen molar-refractivity contribution in [3.05, 3.63) is 42.0 Å². The van der Waals surface area contributed by atoms with Crippen molar-refractivity contribution in [2.45, 2.75) is 70.4 Å². The van der Waals surface area contributed by atoms with Gasteiger partial charge in [-0.15, -0.1) is 0 Å². The molecule has 0 bridgehead atoms. The fourth-order valence-corrected chi connectivity index (χ4v) is 4.99. The number of allylic oxidation sites excluding steroid dienone is 4. The Morgan fingerprint density at radius 1 is 1.03 bits per heavy atom. The zero-order valence-electron chi connectivity index (χ0n) is 18.5. The summed E-state index contributed by atoms with van der Waals surface area (Å²) in [6.07, 6.45) is 14.0. The predicted octanol–water partition coefficient (Wildman–Crippen LogP) is 5.06. The van der Waals surface area contributed by atoms with Crippen LogP contribution in [-0.4, -0.2) is 34.4 Å². The molecule has 3 rings (SSSR count).